The molecular formula is C19H16ClNO3. The Balaban J connectivity index is 2.23. The number of benzene rings is 2. The van der Waals surface area contributed by atoms with E-state index in [-0.39, 0.29) is 0 Å². The molecule has 0 radical (unpaired) electrons. The van der Waals surface area contributed by atoms with Crippen LogP contribution >= 0.6 is 11.6 Å². The SMILES string of the molecule is COc1ccc(-c2cc(C(=O)Cl)c3cc(C)ccc3n2)cc1OC. The van der Waals surface area contributed by atoms with Gasteiger partial charge in [0, 0.05) is 16.5 Å². The number of rotatable bonds is 4. The Labute approximate surface area is 145 Å². The summed E-state index contributed by atoms with van der Waals surface area (Å²) in [6.07, 6.45) is 0. The first-order valence-corrected chi connectivity index (χ1v) is 7.75. The third kappa shape index (κ3) is 2.93. The summed E-state index contributed by atoms with van der Waals surface area (Å²) in [5.74, 6) is 1.23. The van der Waals surface area contributed by atoms with Crippen LogP contribution in [0.2, 0.25) is 0 Å². The molecular weight excluding hydrogens is 326 g/mol. The second-order valence-electron chi connectivity index (χ2n) is 5.42. The lowest BCUT2D eigenvalue weighted by Crippen LogP contribution is -1.97. The number of nitrogens with zero attached hydrogens (tertiary/aromatic N) is 1. The van der Waals surface area contributed by atoms with Gasteiger partial charge in [0.05, 0.1) is 25.4 Å². The average molecular weight is 342 g/mol. The Bertz CT molecular complexity index is 937. The molecule has 0 aliphatic rings. The second kappa shape index (κ2) is 6.49. The number of hydrogen-bond acceptors (Lipinski definition) is 4. The van der Waals surface area contributed by atoms with E-state index in [0.29, 0.717) is 22.8 Å². The minimum Gasteiger partial charge on any atom is -0.493 e. The van der Waals surface area contributed by atoms with Crippen LogP contribution in [0.25, 0.3) is 22.2 Å². The zero-order valence-electron chi connectivity index (χ0n) is 13.6. The lowest BCUT2D eigenvalue weighted by Gasteiger charge is -2.11. The van der Waals surface area contributed by atoms with Crippen molar-refractivity contribution in [2.45, 2.75) is 6.92 Å². The molecule has 0 saturated heterocycles. The topological polar surface area (TPSA) is 48.4 Å². The van der Waals surface area contributed by atoms with Crippen molar-refractivity contribution >= 4 is 27.7 Å². The number of halogens is 1. The first kappa shape index (κ1) is 16.3. The molecule has 3 aromatic rings. The van der Waals surface area contributed by atoms with E-state index in [1.165, 1.54) is 0 Å². The predicted molar refractivity (Wildman–Crippen MR) is 95.2 cm³/mol. The number of carbonyl (C=O) groups excluding carboxylic acids is 1. The maximum Gasteiger partial charge on any atom is 0.253 e. The Morgan fingerprint density at radius 2 is 1.75 bits per heavy atom. The van der Waals surface area contributed by atoms with Crippen LogP contribution in [-0.2, 0) is 0 Å². The molecule has 0 spiro atoms. The van der Waals surface area contributed by atoms with Crippen molar-refractivity contribution in [3.8, 4) is 22.8 Å². The van der Waals surface area contributed by atoms with Gasteiger partial charge in [0.1, 0.15) is 0 Å². The van der Waals surface area contributed by atoms with E-state index < -0.39 is 5.24 Å². The van der Waals surface area contributed by atoms with Gasteiger partial charge in [0.2, 0.25) is 0 Å². The molecule has 0 aliphatic carbocycles. The third-order valence-corrected chi connectivity index (χ3v) is 4.06. The highest BCUT2D eigenvalue weighted by Crippen LogP contribution is 2.33. The molecule has 5 heteroatoms. The number of hydrogen-bond donors (Lipinski definition) is 0. The van der Waals surface area contributed by atoms with Gasteiger partial charge in [-0.15, -0.1) is 0 Å². The zero-order valence-corrected chi connectivity index (χ0v) is 14.3. The smallest absolute Gasteiger partial charge is 0.253 e. The molecule has 3 rings (SSSR count). The highest BCUT2D eigenvalue weighted by atomic mass is 35.5. The van der Waals surface area contributed by atoms with Crippen LogP contribution in [0.15, 0.2) is 42.5 Å². The summed E-state index contributed by atoms with van der Waals surface area (Å²) in [5.41, 5.74) is 3.67. The summed E-state index contributed by atoms with van der Waals surface area (Å²) in [6.45, 7) is 1.96. The third-order valence-electron chi connectivity index (χ3n) is 3.86. The Hall–Kier alpha value is -2.59. The predicted octanol–water partition coefficient (Wildman–Crippen LogP) is 4.61. The fourth-order valence-corrected chi connectivity index (χ4v) is 2.80. The summed E-state index contributed by atoms with van der Waals surface area (Å²) in [6, 6.07) is 13.0. The second-order valence-corrected chi connectivity index (χ2v) is 5.76. The Morgan fingerprint density at radius 3 is 2.42 bits per heavy atom. The summed E-state index contributed by atoms with van der Waals surface area (Å²) in [5, 5.41) is 0.244. The number of aryl methyl sites for hydroxylation is 1. The molecule has 0 atom stereocenters. The molecule has 24 heavy (non-hydrogen) atoms. The van der Waals surface area contributed by atoms with Crippen LogP contribution in [0.1, 0.15) is 15.9 Å². The van der Waals surface area contributed by atoms with E-state index in [1.807, 2.05) is 37.3 Å². The van der Waals surface area contributed by atoms with Crippen molar-refractivity contribution in [3.05, 3.63) is 53.6 Å². The quantitative estimate of drug-likeness (QED) is 0.650. The molecule has 0 fully saturated rings. The van der Waals surface area contributed by atoms with Crippen molar-refractivity contribution in [2.75, 3.05) is 14.2 Å². The van der Waals surface area contributed by atoms with E-state index in [9.17, 15) is 4.79 Å². The molecule has 122 valence electrons. The van der Waals surface area contributed by atoms with Crippen LogP contribution in [-0.4, -0.2) is 24.4 Å². The average Bonchev–Trinajstić information content (AvgIpc) is 2.60. The summed E-state index contributed by atoms with van der Waals surface area (Å²) in [4.78, 5) is 16.5. The fraction of sp³-hybridized carbons (Fsp3) is 0.158. The minimum atomic E-state index is -0.505. The molecule has 0 saturated carbocycles. The first-order valence-electron chi connectivity index (χ1n) is 7.37. The molecule has 0 amide bonds. The number of pyridine rings is 1. The molecule has 0 aliphatic heterocycles. The van der Waals surface area contributed by atoms with Gasteiger partial charge >= 0.3 is 0 Å². The van der Waals surface area contributed by atoms with Crippen molar-refractivity contribution in [1.82, 2.24) is 4.98 Å². The number of fused-ring (bicyclic) bond motifs is 1. The van der Waals surface area contributed by atoms with Gasteiger partial charge in [-0.3, -0.25) is 4.79 Å². The van der Waals surface area contributed by atoms with Crippen LogP contribution in [0.5, 0.6) is 11.5 Å². The van der Waals surface area contributed by atoms with E-state index in [0.717, 1.165) is 22.0 Å². The minimum absolute atomic E-state index is 0.440. The maximum atomic E-state index is 11.9. The number of aromatic nitrogens is 1. The first-order chi connectivity index (χ1) is 11.5. The van der Waals surface area contributed by atoms with Crippen molar-refractivity contribution < 1.29 is 14.3 Å². The van der Waals surface area contributed by atoms with Crippen molar-refractivity contribution in [2.24, 2.45) is 0 Å². The standard InChI is InChI=1S/C19H16ClNO3/c1-11-4-6-15-13(8-11)14(19(20)22)10-16(21-15)12-5-7-17(23-2)18(9-12)24-3/h4-10H,1-3H3. The van der Waals surface area contributed by atoms with Gasteiger partial charge in [-0.05, 0) is 54.9 Å². The van der Waals surface area contributed by atoms with Crippen LogP contribution in [0, 0.1) is 6.92 Å². The van der Waals surface area contributed by atoms with E-state index in [1.54, 1.807) is 26.4 Å². The molecule has 2 aromatic carbocycles. The van der Waals surface area contributed by atoms with E-state index >= 15 is 0 Å². The van der Waals surface area contributed by atoms with Gasteiger partial charge < -0.3 is 9.47 Å². The van der Waals surface area contributed by atoms with Crippen LogP contribution in [0.3, 0.4) is 0 Å². The van der Waals surface area contributed by atoms with E-state index in [4.69, 9.17) is 21.1 Å². The molecule has 4 nitrogen and oxygen atoms in total. The largest absolute Gasteiger partial charge is 0.493 e. The normalized spacial score (nSPS) is 10.7. The summed E-state index contributed by atoms with van der Waals surface area (Å²) < 4.78 is 10.6. The van der Waals surface area contributed by atoms with Gasteiger partial charge in [0.25, 0.3) is 5.24 Å². The number of methoxy groups -OCH3 is 2. The van der Waals surface area contributed by atoms with Crippen LogP contribution < -0.4 is 9.47 Å². The molecule has 1 aromatic heterocycles. The number of carbonyl (C=O) groups is 1. The monoisotopic (exact) mass is 341 g/mol. The molecule has 0 unspecified atom stereocenters. The van der Waals surface area contributed by atoms with Gasteiger partial charge in [-0.1, -0.05) is 11.6 Å². The molecule has 0 N–H and O–H groups in total. The van der Waals surface area contributed by atoms with Crippen molar-refractivity contribution in [1.29, 1.82) is 0 Å². The fourth-order valence-electron chi connectivity index (χ4n) is 2.65. The van der Waals surface area contributed by atoms with Gasteiger partial charge in [-0.2, -0.15) is 0 Å². The zero-order chi connectivity index (χ0) is 17.3. The Kier molecular flexibility index (Phi) is 4.40. The summed E-state index contributed by atoms with van der Waals surface area (Å²) in [7, 11) is 3.16. The van der Waals surface area contributed by atoms with Gasteiger partial charge in [0.15, 0.2) is 11.5 Å². The van der Waals surface area contributed by atoms with Crippen LogP contribution in [0.4, 0.5) is 0 Å². The molecule has 1 heterocycles. The van der Waals surface area contributed by atoms with E-state index in [2.05, 4.69) is 4.98 Å². The maximum absolute atomic E-state index is 11.9. The summed E-state index contributed by atoms with van der Waals surface area (Å²) >= 11 is 5.79. The van der Waals surface area contributed by atoms with Crippen molar-refractivity contribution in [3.63, 3.8) is 0 Å². The lowest BCUT2D eigenvalue weighted by atomic mass is 10.0. The molecule has 0 bridgehead atoms. The Morgan fingerprint density at radius 1 is 1.00 bits per heavy atom. The highest BCUT2D eigenvalue weighted by molar-refractivity contribution is 6.68. The number of ether oxygens (including phenoxy) is 2. The highest BCUT2D eigenvalue weighted by Gasteiger charge is 2.14. The van der Waals surface area contributed by atoms with Gasteiger partial charge in [-0.25, -0.2) is 4.98 Å². The lowest BCUT2D eigenvalue weighted by molar-refractivity contribution is 0.108.